The minimum absolute atomic E-state index is 0. The second-order valence-corrected chi connectivity index (χ2v) is 9.75. The van der Waals surface area contributed by atoms with Crippen LogP contribution in [0.15, 0.2) is 0 Å². The molecule has 5 nitrogen and oxygen atoms in total. The molecule has 190 valence electrons. The fourth-order valence-electron chi connectivity index (χ4n) is 3.22. The maximum atomic E-state index is 5.85. The first-order chi connectivity index (χ1) is 14.3. The topological polar surface area (TPSA) is 36.9 Å². The summed E-state index contributed by atoms with van der Waals surface area (Å²) < 4.78 is 23.7. The van der Waals surface area contributed by atoms with Crippen LogP contribution in [0.1, 0.15) is 90.9 Å². The van der Waals surface area contributed by atoms with Crippen LogP contribution in [0.5, 0.6) is 0 Å². The van der Waals surface area contributed by atoms with E-state index in [9.17, 15) is 0 Å². The van der Waals surface area contributed by atoms with Gasteiger partial charge in [-0.25, -0.2) is 0 Å². The highest BCUT2D eigenvalue weighted by Gasteiger charge is 2.24. The molecule has 1 unspecified atom stereocenters. The normalized spacial score (nSPS) is 13.7. The summed E-state index contributed by atoms with van der Waals surface area (Å²) >= 11 is 0. The maximum absolute atomic E-state index is 5.85. The van der Waals surface area contributed by atoms with E-state index in [1.807, 2.05) is 6.92 Å². The first-order valence-corrected chi connectivity index (χ1v) is 12.5. The van der Waals surface area contributed by atoms with Crippen LogP contribution in [0.25, 0.3) is 0 Å². The fourth-order valence-corrected chi connectivity index (χ4v) is 3.22. The van der Waals surface area contributed by atoms with Crippen LogP contribution in [0.3, 0.4) is 0 Å². The Morgan fingerprint density at radius 2 is 1.16 bits per heavy atom. The highest BCUT2D eigenvalue weighted by molar-refractivity contribution is 4.61. The van der Waals surface area contributed by atoms with Gasteiger partial charge in [-0.05, 0) is 13.3 Å². The Morgan fingerprint density at radius 1 is 0.645 bits per heavy atom. The molecule has 0 fully saturated rings. The van der Waals surface area contributed by atoms with Crippen LogP contribution < -0.4 is 12.4 Å². The zero-order valence-corrected chi connectivity index (χ0v) is 22.4. The number of halogens is 1. The van der Waals surface area contributed by atoms with E-state index in [-0.39, 0.29) is 12.4 Å². The van der Waals surface area contributed by atoms with Crippen molar-refractivity contribution in [1.29, 1.82) is 0 Å². The summed E-state index contributed by atoms with van der Waals surface area (Å²) in [6, 6.07) is 0. The monoisotopic (exact) mass is 467 g/mol. The predicted octanol–water partition coefficient (Wildman–Crippen LogP) is 2.81. The van der Waals surface area contributed by atoms with Crippen molar-refractivity contribution >= 4 is 0 Å². The Balaban J connectivity index is 0. The Morgan fingerprint density at radius 3 is 1.65 bits per heavy atom. The maximum Gasteiger partial charge on any atom is 0.188 e. The summed E-state index contributed by atoms with van der Waals surface area (Å²) in [4.78, 5) is 0. The van der Waals surface area contributed by atoms with Crippen molar-refractivity contribution < 1.29 is 35.8 Å². The number of hydrogen-bond donors (Lipinski definition) is 0. The largest absolute Gasteiger partial charge is 1.00 e. The van der Waals surface area contributed by atoms with Crippen LogP contribution in [-0.2, 0) is 18.9 Å². The van der Waals surface area contributed by atoms with E-state index < -0.39 is 5.79 Å². The van der Waals surface area contributed by atoms with E-state index in [1.165, 1.54) is 70.6 Å². The molecule has 0 spiro atoms. The summed E-state index contributed by atoms with van der Waals surface area (Å²) in [6.07, 6.45) is 16.3. The first-order valence-electron chi connectivity index (χ1n) is 12.5. The number of nitrogens with zero attached hydrogens (tertiary/aromatic N) is 1. The van der Waals surface area contributed by atoms with Gasteiger partial charge in [-0.3, -0.25) is 0 Å². The van der Waals surface area contributed by atoms with Crippen LogP contribution in [0.4, 0.5) is 0 Å². The molecular formula is C25H54ClNO4. The SMILES string of the molecule is CCCCCCCCCCCCCCOCC(C)(OC)OCCOCC[N+](C)(C)C.[Cl-]. The van der Waals surface area contributed by atoms with Gasteiger partial charge in [0.2, 0.25) is 0 Å². The van der Waals surface area contributed by atoms with Crippen molar-refractivity contribution in [3.05, 3.63) is 0 Å². The minimum Gasteiger partial charge on any atom is -1.00 e. The van der Waals surface area contributed by atoms with Gasteiger partial charge >= 0.3 is 0 Å². The van der Waals surface area contributed by atoms with Gasteiger partial charge in [0.1, 0.15) is 13.2 Å². The smallest absolute Gasteiger partial charge is 0.188 e. The highest BCUT2D eigenvalue weighted by Crippen LogP contribution is 2.14. The molecule has 0 aromatic rings. The molecule has 0 aliphatic heterocycles. The summed E-state index contributed by atoms with van der Waals surface area (Å²) in [5.74, 6) is -0.694. The fraction of sp³-hybridized carbons (Fsp3) is 1.00. The van der Waals surface area contributed by atoms with Crippen LogP contribution >= 0.6 is 0 Å². The van der Waals surface area contributed by atoms with Gasteiger partial charge < -0.3 is 35.8 Å². The lowest BCUT2D eigenvalue weighted by Gasteiger charge is -2.28. The predicted molar refractivity (Wildman–Crippen MR) is 127 cm³/mol. The van der Waals surface area contributed by atoms with E-state index in [2.05, 4.69) is 28.1 Å². The summed E-state index contributed by atoms with van der Waals surface area (Å²) in [5.41, 5.74) is 0. The van der Waals surface area contributed by atoms with E-state index in [4.69, 9.17) is 18.9 Å². The molecule has 0 saturated heterocycles. The van der Waals surface area contributed by atoms with Gasteiger partial charge in [-0.2, -0.15) is 0 Å². The molecule has 0 rings (SSSR count). The molecule has 0 aromatic carbocycles. The Labute approximate surface area is 200 Å². The van der Waals surface area contributed by atoms with Crippen LogP contribution in [-0.4, -0.2) is 78.1 Å². The minimum atomic E-state index is -0.694. The van der Waals surface area contributed by atoms with Gasteiger partial charge in [-0.15, -0.1) is 0 Å². The van der Waals surface area contributed by atoms with Crippen molar-refractivity contribution in [1.82, 2.24) is 0 Å². The molecule has 0 saturated carbocycles. The third kappa shape index (κ3) is 24.6. The number of quaternary nitrogens is 1. The molecule has 0 aliphatic carbocycles. The molecule has 31 heavy (non-hydrogen) atoms. The molecule has 0 bridgehead atoms. The summed E-state index contributed by atoms with van der Waals surface area (Å²) in [5, 5.41) is 0. The summed E-state index contributed by atoms with van der Waals surface area (Å²) in [7, 11) is 8.16. The highest BCUT2D eigenvalue weighted by atomic mass is 35.5. The van der Waals surface area contributed by atoms with E-state index in [0.717, 1.165) is 30.7 Å². The molecule has 0 amide bonds. The zero-order valence-electron chi connectivity index (χ0n) is 21.7. The Bertz CT molecular complexity index is 366. The number of ether oxygens (including phenoxy) is 4. The second-order valence-electron chi connectivity index (χ2n) is 9.75. The van der Waals surface area contributed by atoms with Gasteiger partial charge in [0.05, 0.1) is 41.0 Å². The molecule has 0 N–H and O–H groups in total. The quantitative estimate of drug-likeness (QED) is 0.131. The Kier molecular flexibility index (Phi) is 23.5. The number of methoxy groups -OCH3 is 1. The van der Waals surface area contributed by atoms with Gasteiger partial charge in [-0.1, -0.05) is 77.6 Å². The van der Waals surface area contributed by atoms with Gasteiger partial charge in [0.15, 0.2) is 5.79 Å². The number of rotatable bonds is 23. The number of unbranched alkanes of at least 4 members (excludes halogenated alkanes) is 11. The molecule has 0 radical (unpaired) electrons. The van der Waals surface area contributed by atoms with Gasteiger partial charge in [0, 0.05) is 13.7 Å². The van der Waals surface area contributed by atoms with E-state index in [0.29, 0.717) is 19.8 Å². The molecule has 0 heterocycles. The van der Waals surface area contributed by atoms with Crippen LogP contribution in [0.2, 0.25) is 0 Å². The zero-order chi connectivity index (χ0) is 22.6. The summed E-state index contributed by atoms with van der Waals surface area (Å²) in [6.45, 7) is 8.28. The molecule has 0 aromatic heterocycles. The average Bonchev–Trinajstić information content (AvgIpc) is 2.70. The van der Waals surface area contributed by atoms with E-state index in [1.54, 1.807) is 7.11 Å². The van der Waals surface area contributed by atoms with Crippen molar-refractivity contribution in [3.8, 4) is 0 Å². The lowest BCUT2D eigenvalue weighted by atomic mass is 10.1. The van der Waals surface area contributed by atoms with Crippen molar-refractivity contribution in [2.75, 3.05) is 67.8 Å². The molecule has 1 atom stereocenters. The van der Waals surface area contributed by atoms with Crippen molar-refractivity contribution in [2.45, 2.75) is 96.7 Å². The third-order valence-corrected chi connectivity index (χ3v) is 5.48. The lowest BCUT2D eigenvalue weighted by Crippen LogP contribution is -3.00. The van der Waals surface area contributed by atoms with E-state index >= 15 is 0 Å². The van der Waals surface area contributed by atoms with Crippen LogP contribution in [0, 0.1) is 0 Å². The standard InChI is InChI=1S/C25H54NO4.ClH/c1-7-8-9-10-11-12-13-14-15-16-17-18-20-29-24-25(2,27-6)30-23-22-28-21-19-26(3,4)5;/h7-24H2,1-6H3;1H/q+1;/p-1. The van der Waals surface area contributed by atoms with Gasteiger partial charge in [0.25, 0.3) is 0 Å². The number of hydrogen-bond acceptors (Lipinski definition) is 4. The first kappa shape index (κ1) is 33.3. The van der Waals surface area contributed by atoms with Crippen molar-refractivity contribution in [3.63, 3.8) is 0 Å². The molecule has 6 heteroatoms. The Hall–Kier alpha value is 0.0900. The average molecular weight is 468 g/mol. The molecule has 0 aliphatic rings. The number of likely N-dealkylation sites (N-methyl/N-ethyl adjacent to an activating group) is 1. The molecular weight excluding hydrogens is 414 g/mol. The lowest BCUT2D eigenvalue weighted by molar-refractivity contribution is -0.870. The second kappa shape index (κ2) is 21.9. The third-order valence-electron chi connectivity index (χ3n) is 5.48. The van der Waals surface area contributed by atoms with Crippen molar-refractivity contribution in [2.24, 2.45) is 0 Å².